The fourth-order valence-electron chi connectivity index (χ4n) is 2.34. The molecule has 1 aromatic carbocycles. The molecule has 1 aliphatic rings. The van der Waals surface area contributed by atoms with Gasteiger partial charge in [0.15, 0.2) is 5.78 Å². The number of ether oxygens (including phenoxy) is 2. The van der Waals surface area contributed by atoms with E-state index in [1.54, 1.807) is 0 Å². The van der Waals surface area contributed by atoms with Gasteiger partial charge in [0.1, 0.15) is 5.75 Å². The van der Waals surface area contributed by atoms with Gasteiger partial charge in [-0.25, -0.2) is 0 Å². The number of carbonyl (C=O) groups excluding carboxylic acids is 1. The van der Waals surface area contributed by atoms with Crippen LogP contribution in [0.4, 0.5) is 0 Å². The van der Waals surface area contributed by atoms with E-state index in [-0.39, 0.29) is 5.78 Å². The van der Waals surface area contributed by atoms with Crippen LogP contribution >= 0.6 is 0 Å². The Morgan fingerprint density at radius 2 is 2.25 bits per heavy atom. The van der Waals surface area contributed by atoms with Crippen LogP contribution in [0.1, 0.15) is 29.8 Å². The maximum absolute atomic E-state index is 12.3. The van der Waals surface area contributed by atoms with Crippen LogP contribution in [-0.4, -0.2) is 50.1 Å². The second kappa shape index (κ2) is 7.41. The summed E-state index contributed by atoms with van der Waals surface area (Å²) in [5, 5.41) is 0. The molecule has 1 aromatic rings. The third kappa shape index (κ3) is 3.81. The molecule has 110 valence electrons. The number of benzene rings is 1. The lowest BCUT2D eigenvalue weighted by Crippen LogP contribution is -2.32. The van der Waals surface area contributed by atoms with E-state index in [4.69, 9.17) is 9.47 Å². The minimum atomic E-state index is 0.165. The number of hydrogen-bond acceptors (Lipinski definition) is 4. The third-order valence-electron chi connectivity index (χ3n) is 3.58. The van der Waals surface area contributed by atoms with Gasteiger partial charge in [-0.2, -0.15) is 0 Å². The number of Topliss-reactive ketones (excluding diaryl/α,β-unsaturated/α-hetero) is 1. The molecule has 1 aliphatic heterocycles. The summed E-state index contributed by atoms with van der Waals surface area (Å²) in [7, 11) is 0. The zero-order chi connectivity index (χ0) is 14.4. The van der Waals surface area contributed by atoms with Crippen molar-refractivity contribution in [1.82, 2.24) is 4.90 Å². The Kier molecular flexibility index (Phi) is 5.56. The number of ketones is 1. The lowest BCUT2D eigenvalue weighted by atomic mass is 10.1. The fourth-order valence-corrected chi connectivity index (χ4v) is 2.34. The van der Waals surface area contributed by atoms with Gasteiger partial charge in [0.25, 0.3) is 0 Å². The Morgan fingerprint density at radius 1 is 1.40 bits per heavy atom. The number of rotatable bonds is 8. The highest BCUT2D eigenvalue weighted by Crippen LogP contribution is 2.26. The highest BCUT2D eigenvalue weighted by atomic mass is 16.5. The van der Waals surface area contributed by atoms with Crippen molar-refractivity contribution >= 4 is 5.78 Å². The van der Waals surface area contributed by atoms with Crippen LogP contribution in [0.25, 0.3) is 0 Å². The molecule has 0 aliphatic carbocycles. The quantitative estimate of drug-likeness (QED) is 0.539. The van der Waals surface area contributed by atoms with Gasteiger partial charge in [-0.05, 0) is 37.2 Å². The van der Waals surface area contributed by atoms with Gasteiger partial charge in [0.05, 0.1) is 19.8 Å². The standard InChI is InChI=1S/C16H23NO3/c1-3-17(8-10-19-4-2)12-15(18)13-5-6-16-14(11-13)7-9-20-16/h5-6,11H,3-4,7-10,12H2,1-2H3. The van der Waals surface area contributed by atoms with Gasteiger partial charge < -0.3 is 9.47 Å². The molecule has 4 nitrogen and oxygen atoms in total. The molecule has 0 amide bonds. The molecule has 0 radical (unpaired) electrons. The van der Waals surface area contributed by atoms with Crippen LogP contribution in [0.2, 0.25) is 0 Å². The van der Waals surface area contributed by atoms with E-state index in [0.29, 0.717) is 13.2 Å². The molecule has 1 heterocycles. The highest BCUT2D eigenvalue weighted by Gasteiger charge is 2.16. The smallest absolute Gasteiger partial charge is 0.176 e. The summed E-state index contributed by atoms with van der Waals surface area (Å²) in [5.74, 6) is 1.09. The average molecular weight is 277 g/mol. The molecule has 4 heteroatoms. The Hall–Kier alpha value is -1.39. The SMILES string of the molecule is CCOCCN(CC)CC(=O)c1ccc2c(c1)CCO2. The summed E-state index contributed by atoms with van der Waals surface area (Å²) in [6, 6.07) is 5.75. The van der Waals surface area contributed by atoms with Gasteiger partial charge in [0, 0.05) is 25.1 Å². The zero-order valence-corrected chi connectivity index (χ0v) is 12.4. The first-order valence-corrected chi connectivity index (χ1v) is 7.33. The topological polar surface area (TPSA) is 38.8 Å². The molecule has 20 heavy (non-hydrogen) atoms. The van der Waals surface area contributed by atoms with Gasteiger partial charge in [-0.15, -0.1) is 0 Å². The van der Waals surface area contributed by atoms with Gasteiger partial charge >= 0.3 is 0 Å². The second-order valence-corrected chi connectivity index (χ2v) is 4.91. The molecule has 2 rings (SSSR count). The molecule has 0 saturated heterocycles. The summed E-state index contributed by atoms with van der Waals surface area (Å²) >= 11 is 0. The van der Waals surface area contributed by atoms with E-state index in [9.17, 15) is 4.79 Å². The monoisotopic (exact) mass is 277 g/mol. The van der Waals surface area contributed by atoms with Gasteiger partial charge in [-0.1, -0.05) is 6.92 Å². The first kappa shape index (κ1) is 15.0. The minimum absolute atomic E-state index is 0.165. The van der Waals surface area contributed by atoms with Gasteiger partial charge in [-0.3, -0.25) is 9.69 Å². The average Bonchev–Trinajstić information content (AvgIpc) is 2.93. The van der Waals surface area contributed by atoms with Crippen molar-refractivity contribution in [2.24, 2.45) is 0 Å². The molecule has 0 atom stereocenters. The third-order valence-corrected chi connectivity index (χ3v) is 3.58. The molecule has 0 aromatic heterocycles. The Balaban J connectivity index is 1.93. The van der Waals surface area contributed by atoms with E-state index in [0.717, 1.165) is 49.6 Å². The lowest BCUT2D eigenvalue weighted by Gasteiger charge is -2.19. The fraction of sp³-hybridized carbons (Fsp3) is 0.562. The largest absolute Gasteiger partial charge is 0.493 e. The molecule has 0 saturated carbocycles. The lowest BCUT2D eigenvalue weighted by molar-refractivity contribution is 0.0867. The molecular formula is C16H23NO3. The highest BCUT2D eigenvalue weighted by molar-refractivity contribution is 5.98. The van der Waals surface area contributed by atoms with Crippen molar-refractivity contribution in [3.05, 3.63) is 29.3 Å². The van der Waals surface area contributed by atoms with Crippen molar-refractivity contribution in [2.45, 2.75) is 20.3 Å². The first-order chi connectivity index (χ1) is 9.74. The van der Waals surface area contributed by atoms with E-state index in [2.05, 4.69) is 11.8 Å². The molecule has 0 fully saturated rings. The summed E-state index contributed by atoms with van der Waals surface area (Å²) in [6.45, 7) is 8.26. The van der Waals surface area contributed by atoms with E-state index < -0.39 is 0 Å². The van der Waals surface area contributed by atoms with E-state index in [1.807, 2.05) is 25.1 Å². The van der Waals surface area contributed by atoms with Crippen molar-refractivity contribution < 1.29 is 14.3 Å². The number of fused-ring (bicyclic) bond motifs is 1. The summed E-state index contributed by atoms with van der Waals surface area (Å²) in [5.41, 5.74) is 1.93. The van der Waals surface area contributed by atoms with Crippen LogP contribution in [0, 0.1) is 0 Å². The Labute approximate surface area is 120 Å². The summed E-state index contributed by atoms with van der Waals surface area (Å²) in [6.07, 6.45) is 0.901. The van der Waals surface area contributed by atoms with Crippen molar-refractivity contribution in [3.8, 4) is 5.75 Å². The Bertz CT molecular complexity index is 459. The van der Waals surface area contributed by atoms with Crippen LogP contribution in [0.15, 0.2) is 18.2 Å². The molecule has 0 unspecified atom stereocenters. The summed E-state index contributed by atoms with van der Waals surface area (Å²) < 4.78 is 10.8. The van der Waals surface area contributed by atoms with E-state index in [1.165, 1.54) is 0 Å². The molecular weight excluding hydrogens is 254 g/mol. The van der Waals surface area contributed by atoms with Crippen LogP contribution in [-0.2, 0) is 11.2 Å². The van der Waals surface area contributed by atoms with Crippen molar-refractivity contribution in [2.75, 3.05) is 39.5 Å². The first-order valence-electron chi connectivity index (χ1n) is 7.33. The van der Waals surface area contributed by atoms with Crippen molar-refractivity contribution in [3.63, 3.8) is 0 Å². The summed E-state index contributed by atoms with van der Waals surface area (Å²) in [4.78, 5) is 14.4. The minimum Gasteiger partial charge on any atom is -0.493 e. The van der Waals surface area contributed by atoms with Crippen LogP contribution in [0.3, 0.4) is 0 Å². The molecule has 0 spiro atoms. The predicted octanol–water partition coefficient (Wildman–Crippen LogP) is 2.16. The van der Waals surface area contributed by atoms with Gasteiger partial charge in [0.2, 0.25) is 0 Å². The molecule has 0 bridgehead atoms. The van der Waals surface area contributed by atoms with Crippen LogP contribution in [0.5, 0.6) is 5.75 Å². The second-order valence-electron chi connectivity index (χ2n) is 4.91. The number of nitrogens with zero attached hydrogens (tertiary/aromatic N) is 1. The number of likely N-dealkylation sites (N-methyl/N-ethyl adjacent to an activating group) is 1. The predicted molar refractivity (Wildman–Crippen MR) is 78.6 cm³/mol. The molecule has 0 N–H and O–H groups in total. The van der Waals surface area contributed by atoms with Crippen molar-refractivity contribution in [1.29, 1.82) is 0 Å². The maximum Gasteiger partial charge on any atom is 0.176 e. The number of hydrogen-bond donors (Lipinski definition) is 0. The maximum atomic E-state index is 12.3. The number of carbonyl (C=O) groups is 1. The Morgan fingerprint density at radius 3 is 3.00 bits per heavy atom. The van der Waals surface area contributed by atoms with E-state index >= 15 is 0 Å². The normalized spacial score (nSPS) is 13.3. The zero-order valence-electron chi connectivity index (χ0n) is 12.4. The van der Waals surface area contributed by atoms with Crippen LogP contribution < -0.4 is 4.74 Å².